The largest absolute Gasteiger partial charge is 0.147 e. The zero-order valence-corrected chi connectivity index (χ0v) is 12.0. The highest BCUT2D eigenvalue weighted by Gasteiger charge is 2.05. The van der Waals surface area contributed by atoms with Gasteiger partial charge < -0.3 is 0 Å². The molecule has 0 N–H and O–H groups in total. The van der Waals surface area contributed by atoms with Gasteiger partial charge in [0.25, 0.3) is 0 Å². The molecule has 0 saturated heterocycles. The molecule has 0 amide bonds. The van der Waals surface area contributed by atoms with Gasteiger partial charge in [-0.3, -0.25) is 0 Å². The Morgan fingerprint density at radius 1 is 0.944 bits per heavy atom. The third kappa shape index (κ3) is 3.39. The normalized spacial score (nSPS) is 10.8. The van der Waals surface area contributed by atoms with E-state index in [2.05, 4.69) is 48.3 Å². The first-order valence-corrected chi connectivity index (χ1v) is 7.56. The van der Waals surface area contributed by atoms with Crippen LogP contribution in [0.1, 0.15) is 43.7 Å². The van der Waals surface area contributed by atoms with Crippen molar-refractivity contribution in [1.82, 2.24) is 10.2 Å². The van der Waals surface area contributed by atoms with Crippen LogP contribution in [0.5, 0.6) is 0 Å². The maximum absolute atomic E-state index is 4.27. The predicted octanol–water partition coefficient (Wildman–Crippen LogP) is 4.50. The lowest BCUT2D eigenvalue weighted by molar-refractivity contribution is 0.795. The molecule has 0 fully saturated rings. The van der Waals surface area contributed by atoms with Crippen molar-refractivity contribution in [2.75, 3.05) is 0 Å². The number of rotatable bonds is 6. The van der Waals surface area contributed by atoms with Crippen molar-refractivity contribution in [3.05, 3.63) is 34.8 Å². The molecule has 2 rings (SSSR count). The highest BCUT2D eigenvalue weighted by molar-refractivity contribution is 7.14. The summed E-state index contributed by atoms with van der Waals surface area (Å²) in [6.07, 6.45) is 5.85. The third-order valence-electron chi connectivity index (χ3n) is 2.95. The molecule has 96 valence electrons. The van der Waals surface area contributed by atoms with Crippen molar-refractivity contribution >= 4 is 11.3 Å². The summed E-state index contributed by atoms with van der Waals surface area (Å²) in [4.78, 5) is 0. The number of unbranched alkanes of at least 4 members (excludes halogenated alkanes) is 1. The average Bonchev–Trinajstić information content (AvgIpc) is 2.86. The molecule has 0 bridgehead atoms. The SMILES string of the molecule is CCCCc1ccc(-c2nnc(CCC)s2)cc1. The molecule has 0 unspecified atom stereocenters. The van der Waals surface area contributed by atoms with Gasteiger partial charge in [-0.1, -0.05) is 55.9 Å². The third-order valence-corrected chi connectivity index (χ3v) is 3.98. The van der Waals surface area contributed by atoms with Crippen LogP contribution in [0, 0.1) is 0 Å². The first kappa shape index (κ1) is 13.2. The van der Waals surface area contributed by atoms with E-state index in [1.54, 1.807) is 11.3 Å². The van der Waals surface area contributed by atoms with Gasteiger partial charge in [0.2, 0.25) is 0 Å². The number of hydrogen-bond donors (Lipinski definition) is 0. The van der Waals surface area contributed by atoms with Crippen LogP contribution in [0.2, 0.25) is 0 Å². The van der Waals surface area contributed by atoms with Crippen LogP contribution >= 0.6 is 11.3 Å². The van der Waals surface area contributed by atoms with Crippen LogP contribution in [-0.2, 0) is 12.8 Å². The molecule has 1 heterocycles. The minimum absolute atomic E-state index is 1.03. The summed E-state index contributed by atoms with van der Waals surface area (Å²) in [5, 5.41) is 10.7. The molecule has 0 atom stereocenters. The van der Waals surface area contributed by atoms with E-state index in [-0.39, 0.29) is 0 Å². The van der Waals surface area contributed by atoms with E-state index in [1.165, 1.54) is 30.4 Å². The van der Waals surface area contributed by atoms with Gasteiger partial charge in [-0.15, -0.1) is 10.2 Å². The van der Waals surface area contributed by atoms with Crippen molar-refractivity contribution in [2.24, 2.45) is 0 Å². The smallest absolute Gasteiger partial charge is 0.143 e. The fourth-order valence-electron chi connectivity index (χ4n) is 1.88. The maximum Gasteiger partial charge on any atom is 0.147 e. The zero-order valence-electron chi connectivity index (χ0n) is 11.1. The molecule has 0 aliphatic carbocycles. The van der Waals surface area contributed by atoms with Crippen LogP contribution in [0.3, 0.4) is 0 Å². The second kappa shape index (κ2) is 6.64. The molecule has 0 spiro atoms. The van der Waals surface area contributed by atoms with Crippen LogP contribution < -0.4 is 0 Å². The molecular formula is C15H20N2S. The van der Waals surface area contributed by atoms with E-state index in [9.17, 15) is 0 Å². The lowest BCUT2D eigenvalue weighted by Crippen LogP contribution is -1.84. The standard InChI is InChI=1S/C15H20N2S/c1-3-5-7-12-8-10-13(11-9-12)15-17-16-14(18-15)6-4-2/h8-11H,3-7H2,1-2H3. The average molecular weight is 260 g/mol. The zero-order chi connectivity index (χ0) is 12.8. The molecule has 18 heavy (non-hydrogen) atoms. The first-order valence-electron chi connectivity index (χ1n) is 6.75. The Hall–Kier alpha value is -1.22. The van der Waals surface area contributed by atoms with Crippen molar-refractivity contribution in [1.29, 1.82) is 0 Å². The van der Waals surface area contributed by atoms with Gasteiger partial charge in [-0.25, -0.2) is 0 Å². The molecule has 2 aromatic rings. The Kier molecular flexibility index (Phi) is 4.88. The Labute approximate surface area is 113 Å². The summed E-state index contributed by atoms with van der Waals surface area (Å²) in [5.74, 6) is 0. The lowest BCUT2D eigenvalue weighted by atomic mass is 10.1. The molecule has 0 saturated carbocycles. The van der Waals surface area contributed by atoms with Crippen molar-refractivity contribution < 1.29 is 0 Å². The topological polar surface area (TPSA) is 25.8 Å². The van der Waals surface area contributed by atoms with Crippen LogP contribution in [0.15, 0.2) is 24.3 Å². The Morgan fingerprint density at radius 3 is 2.39 bits per heavy atom. The van der Waals surface area contributed by atoms with E-state index in [0.29, 0.717) is 0 Å². The molecule has 1 aromatic carbocycles. The quantitative estimate of drug-likeness (QED) is 0.764. The van der Waals surface area contributed by atoms with Gasteiger partial charge in [0.1, 0.15) is 10.0 Å². The van der Waals surface area contributed by atoms with Gasteiger partial charge in [0, 0.05) is 12.0 Å². The summed E-state index contributed by atoms with van der Waals surface area (Å²) in [5.41, 5.74) is 2.61. The minimum Gasteiger partial charge on any atom is -0.143 e. The number of benzene rings is 1. The van der Waals surface area contributed by atoms with Crippen molar-refractivity contribution in [2.45, 2.75) is 46.0 Å². The van der Waals surface area contributed by atoms with E-state index < -0.39 is 0 Å². The second-order valence-electron chi connectivity index (χ2n) is 4.55. The van der Waals surface area contributed by atoms with Crippen molar-refractivity contribution in [3.63, 3.8) is 0 Å². The predicted molar refractivity (Wildman–Crippen MR) is 78.0 cm³/mol. The summed E-state index contributed by atoms with van der Waals surface area (Å²) in [6.45, 7) is 4.40. The summed E-state index contributed by atoms with van der Waals surface area (Å²) >= 11 is 1.71. The first-order chi connectivity index (χ1) is 8.83. The summed E-state index contributed by atoms with van der Waals surface area (Å²) in [7, 11) is 0. The van der Waals surface area contributed by atoms with E-state index in [1.807, 2.05) is 0 Å². The number of aryl methyl sites for hydroxylation is 2. The molecule has 3 heteroatoms. The molecule has 1 aromatic heterocycles. The summed E-state index contributed by atoms with van der Waals surface area (Å²) < 4.78 is 0. The monoisotopic (exact) mass is 260 g/mol. The number of hydrogen-bond acceptors (Lipinski definition) is 3. The minimum atomic E-state index is 1.03. The lowest BCUT2D eigenvalue weighted by Gasteiger charge is -2.00. The van der Waals surface area contributed by atoms with Crippen LogP contribution in [-0.4, -0.2) is 10.2 Å². The van der Waals surface area contributed by atoms with Crippen LogP contribution in [0.25, 0.3) is 10.6 Å². The molecule has 0 aliphatic heterocycles. The fourth-order valence-corrected chi connectivity index (χ4v) is 2.83. The van der Waals surface area contributed by atoms with E-state index in [0.717, 1.165) is 22.9 Å². The van der Waals surface area contributed by atoms with E-state index in [4.69, 9.17) is 0 Å². The fraction of sp³-hybridized carbons (Fsp3) is 0.467. The van der Waals surface area contributed by atoms with Gasteiger partial charge >= 0.3 is 0 Å². The molecule has 0 radical (unpaired) electrons. The molecule has 0 aliphatic rings. The Balaban J connectivity index is 2.07. The molecular weight excluding hydrogens is 240 g/mol. The van der Waals surface area contributed by atoms with Crippen molar-refractivity contribution in [3.8, 4) is 10.6 Å². The van der Waals surface area contributed by atoms with Crippen LogP contribution in [0.4, 0.5) is 0 Å². The number of aromatic nitrogens is 2. The van der Waals surface area contributed by atoms with E-state index >= 15 is 0 Å². The highest BCUT2D eigenvalue weighted by atomic mass is 32.1. The highest BCUT2D eigenvalue weighted by Crippen LogP contribution is 2.24. The Morgan fingerprint density at radius 2 is 1.72 bits per heavy atom. The van der Waals surface area contributed by atoms with Gasteiger partial charge in [0.05, 0.1) is 0 Å². The number of nitrogens with zero attached hydrogens (tertiary/aromatic N) is 2. The Bertz CT molecular complexity index is 473. The van der Waals surface area contributed by atoms with Gasteiger partial charge in [-0.2, -0.15) is 0 Å². The molecule has 2 nitrogen and oxygen atoms in total. The maximum atomic E-state index is 4.27. The summed E-state index contributed by atoms with van der Waals surface area (Å²) in [6, 6.07) is 8.76. The van der Waals surface area contributed by atoms with Gasteiger partial charge in [0.15, 0.2) is 0 Å². The second-order valence-corrected chi connectivity index (χ2v) is 5.61. The van der Waals surface area contributed by atoms with Gasteiger partial charge in [-0.05, 0) is 24.8 Å².